The quantitative estimate of drug-likeness (QED) is 0.409. The lowest BCUT2D eigenvalue weighted by Gasteiger charge is -2.08. The standard InChI is InChI=1S/C21H17FN4O2/c22-15-7-5-12(6-8-15)19-17-11-16(9-10-18(17)25-26-19)24-21(28)14-3-1-13(2-4-14)20(23)27/h1-11,20,27H,23H2,(H,24,28)(H,25,26). The molecule has 4 rings (SSSR count). The van der Waals surface area contributed by atoms with Gasteiger partial charge in [-0.1, -0.05) is 12.1 Å². The van der Waals surface area contributed by atoms with Gasteiger partial charge in [-0.15, -0.1) is 0 Å². The fourth-order valence-electron chi connectivity index (χ4n) is 2.95. The molecular formula is C21H17FN4O2. The summed E-state index contributed by atoms with van der Waals surface area (Å²) in [6, 6.07) is 17.9. The lowest BCUT2D eigenvalue weighted by atomic mass is 10.1. The summed E-state index contributed by atoms with van der Waals surface area (Å²) in [7, 11) is 0. The fraction of sp³-hybridized carbons (Fsp3) is 0.0476. The Morgan fingerprint density at radius 1 is 1.07 bits per heavy atom. The van der Waals surface area contributed by atoms with Crippen LogP contribution in [0, 0.1) is 5.82 Å². The van der Waals surface area contributed by atoms with E-state index in [0.29, 0.717) is 22.5 Å². The Morgan fingerprint density at radius 2 is 1.79 bits per heavy atom. The van der Waals surface area contributed by atoms with Crippen LogP contribution in [0.2, 0.25) is 0 Å². The molecular weight excluding hydrogens is 359 g/mol. The van der Waals surface area contributed by atoms with Crippen LogP contribution in [0.3, 0.4) is 0 Å². The molecule has 0 aliphatic rings. The van der Waals surface area contributed by atoms with Crippen LogP contribution < -0.4 is 11.1 Å². The van der Waals surface area contributed by atoms with Gasteiger partial charge in [0.15, 0.2) is 0 Å². The molecule has 1 amide bonds. The summed E-state index contributed by atoms with van der Waals surface area (Å²) in [4.78, 5) is 12.5. The van der Waals surface area contributed by atoms with Crippen molar-refractivity contribution >= 4 is 22.5 Å². The van der Waals surface area contributed by atoms with Gasteiger partial charge in [0.05, 0.1) is 11.2 Å². The molecule has 3 aromatic carbocycles. The largest absolute Gasteiger partial charge is 0.375 e. The Bertz CT molecular complexity index is 1140. The second-order valence-electron chi connectivity index (χ2n) is 6.36. The van der Waals surface area contributed by atoms with Crippen LogP contribution in [-0.2, 0) is 0 Å². The van der Waals surface area contributed by atoms with Crippen LogP contribution >= 0.6 is 0 Å². The van der Waals surface area contributed by atoms with Gasteiger partial charge in [0.1, 0.15) is 12.0 Å². The third-order valence-electron chi connectivity index (χ3n) is 4.45. The third-order valence-corrected chi connectivity index (χ3v) is 4.45. The Kier molecular flexibility index (Phi) is 4.60. The fourth-order valence-corrected chi connectivity index (χ4v) is 2.95. The zero-order chi connectivity index (χ0) is 19.7. The predicted octanol–water partition coefficient (Wildman–Crippen LogP) is 3.57. The van der Waals surface area contributed by atoms with Gasteiger partial charge in [0, 0.05) is 22.2 Å². The smallest absolute Gasteiger partial charge is 0.255 e. The zero-order valence-corrected chi connectivity index (χ0v) is 14.7. The topological polar surface area (TPSA) is 104 Å². The van der Waals surface area contributed by atoms with E-state index in [1.807, 2.05) is 12.1 Å². The Hall–Kier alpha value is -3.55. The summed E-state index contributed by atoms with van der Waals surface area (Å²) in [6.45, 7) is 0. The number of nitrogens with two attached hydrogens (primary N) is 1. The molecule has 0 saturated carbocycles. The lowest BCUT2D eigenvalue weighted by Crippen LogP contribution is -2.13. The highest BCUT2D eigenvalue weighted by Crippen LogP contribution is 2.28. The van der Waals surface area contributed by atoms with E-state index in [2.05, 4.69) is 15.5 Å². The van der Waals surface area contributed by atoms with Crippen molar-refractivity contribution in [3.8, 4) is 11.3 Å². The van der Waals surface area contributed by atoms with Gasteiger partial charge < -0.3 is 16.2 Å². The van der Waals surface area contributed by atoms with Crippen molar-refractivity contribution in [2.75, 3.05) is 5.32 Å². The summed E-state index contributed by atoms with van der Waals surface area (Å²) < 4.78 is 13.2. The summed E-state index contributed by atoms with van der Waals surface area (Å²) in [5.74, 6) is -0.603. The number of aromatic nitrogens is 2. The van der Waals surface area contributed by atoms with E-state index in [1.54, 1.807) is 42.5 Å². The number of anilines is 1. The number of carbonyl (C=O) groups is 1. The molecule has 1 heterocycles. The maximum atomic E-state index is 13.2. The van der Waals surface area contributed by atoms with Crippen LogP contribution in [0.25, 0.3) is 22.2 Å². The van der Waals surface area contributed by atoms with Gasteiger partial charge in [-0.2, -0.15) is 5.10 Å². The normalized spacial score (nSPS) is 12.1. The second kappa shape index (κ2) is 7.22. The molecule has 0 aliphatic carbocycles. The summed E-state index contributed by atoms with van der Waals surface area (Å²) in [5, 5.41) is 20.2. The SMILES string of the molecule is NC(O)c1ccc(C(=O)Nc2ccc3[nH]nc(-c4ccc(F)cc4)c3c2)cc1. The molecule has 1 unspecified atom stereocenters. The van der Waals surface area contributed by atoms with Gasteiger partial charge in [0.2, 0.25) is 0 Å². The Morgan fingerprint density at radius 3 is 2.46 bits per heavy atom. The minimum absolute atomic E-state index is 0.288. The number of aromatic amines is 1. The van der Waals surface area contributed by atoms with Gasteiger partial charge in [0.25, 0.3) is 5.91 Å². The highest BCUT2D eigenvalue weighted by atomic mass is 19.1. The predicted molar refractivity (Wildman–Crippen MR) is 105 cm³/mol. The lowest BCUT2D eigenvalue weighted by molar-refractivity contribution is 0.102. The maximum Gasteiger partial charge on any atom is 0.255 e. The zero-order valence-electron chi connectivity index (χ0n) is 14.7. The van der Waals surface area contributed by atoms with Gasteiger partial charge in [-0.25, -0.2) is 4.39 Å². The molecule has 0 aliphatic heterocycles. The molecule has 0 saturated heterocycles. The maximum absolute atomic E-state index is 13.2. The van der Waals surface area contributed by atoms with Gasteiger partial charge >= 0.3 is 0 Å². The van der Waals surface area contributed by atoms with Crippen molar-refractivity contribution in [3.63, 3.8) is 0 Å². The molecule has 1 atom stereocenters. The summed E-state index contributed by atoms with van der Waals surface area (Å²) in [6.07, 6.45) is -1.08. The molecule has 140 valence electrons. The molecule has 0 radical (unpaired) electrons. The first kappa shape index (κ1) is 17.8. The number of rotatable bonds is 4. The Labute approximate surface area is 159 Å². The van der Waals surface area contributed by atoms with Crippen molar-refractivity contribution in [2.45, 2.75) is 6.23 Å². The molecule has 28 heavy (non-hydrogen) atoms. The minimum Gasteiger partial charge on any atom is -0.375 e. The number of nitrogens with zero attached hydrogens (tertiary/aromatic N) is 1. The van der Waals surface area contributed by atoms with E-state index in [0.717, 1.165) is 16.5 Å². The molecule has 7 heteroatoms. The number of amides is 1. The van der Waals surface area contributed by atoms with Crippen molar-refractivity contribution in [1.82, 2.24) is 10.2 Å². The number of hydrogen-bond acceptors (Lipinski definition) is 4. The number of nitrogens with one attached hydrogen (secondary N) is 2. The number of aliphatic hydroxyl groups is 1. The number of benzene rings is 3. The van der Waals surface area contributed by atoms with E-state index in [1.165, 1.54) is 12.1 Å². The van der Waals surface area contributed by atoms with Crippen molar-refractivity contribution in [3.05, 3.63) is 83.7 Å². The van der Waals surface area contributed by atoms with Crippen LogP contribution in [0.4, 0.5) is 10.1 Å². The van der Waals surface area contributed by atoms with E-state index in [9.17, 15) is 14.3 Å². The second-order valence-corrected chi connectivity index (χ2v) is 6.36. The van der Waals surface area contributed by atoms with Gasteiger partial charge in [-0.3, -0.25) is 9.89 Å². The highest BCUT2D eigenvalue weighted by molar-refractivity contribution is 6.06. The van der Waals surface area contributed by atoms with Gasteiger partial charge in [-0.05, 0) is 60.2 Å². The molecule has 0 bridgehead atoms. The minimum atomic E-state index is -1.08. The third kappa shape index (κ3) is 3.48. The van der Waals surface area contributed by atoms with E-state index >= 15 is 0 Å². The van der Waals surface area contributed by atoms with Crippen LogP contribution in [-0.4, -0.2) is 21.2 Å². The monoisotopic (exact) mass is 376 g/mol. The van der Waals surface area contributed by atoms with Crippen LogP contribution in [0.5, 0.6) is 0 Å². The molecule has 4 aromatic rings. The Balaban J connectivity index is 1.61. The van der Waals surface area contributed by atoms with E-state index in [-0.39, 0.29) is 11.7 Å². The van der Waals surface area contributed by atoms with Crippen LogP contribution in [0.1, 0.15) is 22.1 Å². The number of H-pyrrole nitrogens is 1. The summed E-state index contributed by atoms with van der Waals surface area (Å²) in [5.41, 5.74) is 9.22. The van der Waals surface area contributed by atoms with Crippen molar-refractivity contribution < 1.29 is 14.3 Å². The number of hydrogen-bond donors (Lipinski definition) is 4. The number of carbonyl (C=O) groups excluding carboxylic acids is 1. The highest BCUT2D eigenvalue weighted by Gasteiger charge is 2.12. The number of aliphatic hydroxyl groups excluding tert-OH is 1. The van der Waals surface area contributed by atoms with Crippen molar-refractivity contribution in [2.24, 2.45) is 5.73 Å². The number of fused-ring (bicyclic) bond motifs is 1. The first-order chi connectivity index (χ1) is 13.5. The average Bonchev–Trinajstić information content (AvgIpc) is 3.12. The van der Waals surface area contributed by atoms with E-state index < -0.39 is 6.23 Å². The first-order valence-corrected chi connectivity index (χ1v) is 8.60. The number of halogens is 1. The first-order valence-electron chi connectivity index (χ1n) is 8.60. The van der Waals surface area contributed by atoms with Crippen LogP contribution in [0.15, 0.2) is 66.7 Å². The van der Waals surface area contributed by atoms with E-state index in [4.69, 9.17) is 5.73 Å². The van der Waals surface area contributed by atoms with Crippen molar-refractivity contribution in [1.29, 1.82) is 0 Å². The average molecular weight is 376 g/mol. The molecule has 5 N–H and O–H groups in total. The molecule has 6 nitrogen and oxygen atoms in total. The molecule has 1 aromatic heterocycles. The molecule has 0 spiro atoms. The molecule has 0 fully saturated rings. The summed E-state index contributed by atoms with van der Waals surface area (Å²) >= 11 is 0.